The van der Waals surface area contributed by atoms with Crippen molar-refractivity contribution in [2.75, 3.05) is 0 Å². The van der Waals surface area contributed by atoms with Crippen LogP contribution in [0.2, 0.25) is 5.02 Å². The van der Waals surface area contributed by atoms with Crippen molar-refractivity contribution in [2.24, 2.45) is 4.99 Å². The molecule has 0 saturated heterocycles. The van der Waals surface area contributed by atoms with E-state index < -0.39 is 11.8 Å². The zero-order chi connectivity index (χ0) is 20.2. The lowest BCUT2D eigenvalue weighted by Crippen LogP contribution is -2.05. The molecule has 0 bridgehead atoms. The Kier molecular flexibility index (Phi) is 5.40. The summed E-state index contributed by atoms with van der Waals surface area (Å²) in [7, 11) is 0. The van der Waals surface area contributed by atoms with Crippen LogP contribution in [0.5, 0.6) is 5.75 Å². The first-order valence-corrected chi connectivity index (χ1v) is 9.21. The minimum Gasteiger partial charge on any atom is -0.489 e. The molecule has 1 heterocycles. The van der Waals surface area contributed by atoms with Crippen molar-refractivity contribution in [3.8, 4) is 5.75 Å². The molecule has 0 aliphatic carbocycles. The summed E-state index contributed by atoms with van der Waals surface area (Å²) in [5.74, 6) is -0.319. The number of nitrogens with zero attached hydrogens (tertiary/aromatic N) is 1. The first-order chi connectivity index (χ1) is 14.1. The predicted molar refractivity (Wildman–Crippen MR) is 109 cm³/mol. The molecule has 0 aromatic heterocycles. The van der Waals surface area contributed by atoms with Gasteiger partial charge in [-0.05, 0) is 48.0 Å². The fraction of sp³-hybridized carbons (Fsp3) is 0.0435. The lowest BCUT2D eigenvalue weighted by atomic mass is 10.2. The van der Waals surface area contributed by atoms with Crippen LogP contribution in [0, 0.1) is 5.82 Å². The van der Waals surface area contributed by atoms with Crippen LogP contribution >= 0.6 is 11.6 Å². The molecule has 0 atom stereocenters. The summed E-state index contributed by atoms with van der Waals surface area (Å²) >= 11 is 6.15. The van der Waals surface area contributed by atoms with Gasteiger partial charge in [-0.2, -0.15) is 0 Å². The molecule has 3 aromatic carbocycles. The summed E-state index contributed by atoms with van der Waals surface area (Å²) in [5, 5.41) is 0.638. The fourth-order valence-electron chi connectivity index (χ4n) is 2.78. The van der Waals surface area contributed by atoms with Crippen molar-refractivity contribution in [1.82, 2.24) is 0 Å². The number of esters is 1. The van der Waals surface area contributed by atoms with Gasteiger partial charge in [0.15, 0.2) is 5.70 Å². The van der Waals surface area contributed by atoms with Crippen molar-refractivity contribution < 1.29 is 18.7 Å². The van der Waals surface area contributed by atoms with Crippen LogP contribution in [0.15, 0.2) is 83.5 Å². The monoisotopic (exact) mass is 407 g/mol. The number of aliphatic imine (C=N–C) groups is 1. The van der Waals surface area contributed by atoms with Gasteiger partial charge in [-0.3, -0.25) is 0 Å². The Labute approximate surface area is 171 Å². The SMILES string of the molecule is O=C1OC(c2cccc(F)c2)=NC1=Cc1cccc(OCc2ccccc2Cl)c1. The quantitative estimate of drug-likeness (QED) is 0.420. The summed E-state index contributed by atoms with van der Waals surface area (Å²) in [6.07, 6.45) is 1.59. The molecule has 0 amide bonds. The van der Waals surface area contributed by atoms with Crippen LogP contribution in [0.1, 0.15) is 16.7 Å². The van der Waals surface area contributed by atoms with Crippen LogP contribution in [-0.2, 0) is 16.1 Å². The van der Waals surface area contributed by atoms with E-state index in [9.17, 15) is 9.18 Å². The standard InChI is InChI=1S/C23H15ClFNO3/c24-20-10-2-1-6-17(20)14-28-19-9-3-5-15(11-19)12-21-23(27)29-22(26-21)16-7-4-8-18(25)13-16/h1-13H,14H2. The Bertz CT molecular complexity index is 1140. The Morgan fingerprint density at radius 2 is 1.86 bits per heavy atom. The molecule has 4 rings (SSSR count). The number of cyclic esters (lactones) is 1. The average Bonchev–Trinajstić information content (AvgIpc) is 3.08. The van der Waals surface area contributed by atoms with E-state index >= 15 is 0 Å². The highest BCUT2D eigenvalue weighted by molar-refractivity contribution is 6.31. The highest BCUT2D eigenvalue weighted by atomic mass is 35.5. The van der Waals surface area contributed by atoms with E-state index in [0.717, 1.165) is 11.1 Å². The molecule has 6 heteroatoms. The largest absolute Gasteiger partial charge is 0.489 e. The topological polar surface area (TPSA) is 47.9 Å². The van der Waals surface area contributed by atoms with Gasteiger partial charge in [0.1, 0.15) is 18.2 Å². The Morgan fingerprint density at radius 3 is 2.69 bits per heavy atom. The van der Waals surface area contributed by atoms with Gasteiger partial charge in [0, 0.05) is 16.1 Å². The molecule has 0 N–H and O–H groups in total. The van der Waals surface area contributed by atoms with E-state index in [0.29, 0.717) is 22.9 Å². The van der Waals surface area contributed by atoms with Crippen LogP contribution in [0.3, 0.4) is 0 Å². The second-order valence-corrected chi connectivity index (χ2v) is 6.71. The molecule has 1 aliphatic heterocycles. The molecule has 144 valence electrons. The minimum atomic E-state index is -0.591. The van der Waals surface area contributed by atoms with E-state index in [1.165, 1.54) is 18.2 Å². The predicted octanol–water partition coefficient (Wildman–Crippen LogP) is 5.40. The van der Waals surface area contributed by atoms with Gasteiger partial charge in [0.05, 0.1) is 0 Å². The van der Waals surface area contributed by atoms with Crippen molar-refractivity contribution in [2.45, 2.75) is 6.61 Å². The minimum absolute atomic E-state index is 0.0758. The summed E-state index contributed by atoms with van der Waals surface area (Å²) in [6.45, 7) is 0.323. The number of carbonyl (C=O) groups excluding carboxylic acids is 1. The van der Waals surface area contributed by atoms with Crippen LogP contribution < -0.4 is 4.74 Å². The second kappa shape index (κ2) is 8.29. The van der Waals surface area contributed by atoms with Gasteiger partial charge in [-0.15, -0.1) is 0 Å². The van der Waals surface area contributed by atoms with E-state index in [-0.39, 0.29) is 11.6 Å². The summed E-state index contributed by atoms with van der Waals surface area (Å²) in [4.78, 5) is 16.3. The zero-order valence-electron chi connectivity index (χ0n) is 15.1. The first-order valence-electron chi connectivity index (χ1n) is 8.83. The van der Waals surface area contributed by atoms with Gasteiger partial charge >= 0.3 is 5.97 Å². The highest BCUT2D eigenvalue weighted by Crippen LogP contribution is 2.23. The highest BCUT2D eigenvalue weighted by Gasteiger charge is 2.24. The smallest absolute Gasteiger partial charge is 0.363 e. The summed E-state index contributed by atoms with van der Waals surface area (Å²) < 4.78 is 24.4. The molecule has 1 aliphatic rings. The number of ether oxygens (including phenoxy) is 2. The molecule has 0 spiro atoms. The normalized spacial score (nSPS) is 14.6. The maximum absolute atomic E-state index is 13.4. The number of hydrogen-bond donors (Lipinski definition) is 0. The average molecular weight is 408 g/mol. The van der Waals surface area contributed by atoms with E-state index in [4.69, 9.17) is 21.1 Å². The second-order valence-electron chi connectivity index (χ2n) is 6.30. The molecule has 3 aromatic rings. The van der Waals surface area contributed by atoms with Crippen molar-refractivity contribution in [3.63, 3.8) is 0 Å². The number of carbonyl (C=O) groups is 1. The van der Waals surface area contributed by atoms with Gasteiger partial charge in [-0.1, -0.05) is 48.0 Å². The molecule has 0 fully saturated rings. The molecule has 0 saturated carbocycles. The summed E-state index contributed by atoms with van der Waals surface area (Å²) in [5.41, 5.74) is 2.13. The maximum atomic E-state index is 13.4. The lowest BCUT2D eigenvalue weighted by Gasteiger charge is -2.08. The Morgan fingerprint density at radius 1 is 1.03 bits per heavy atom. The van der Waals surface area contributed by atoms with E-state index in [1.807, 2.05) is 36.4 Å². The number of rotatable bonds is 5. The van der Waals surface area contributed by atoms with E-state index in [1.54, 1.807) is 24.3 Å². The third-order valence-corrected chi connectivity index (χ3v) is 4.57. The van der Waals surface area contributed by atoms with Crippen LogP contribution in [0.4, 0.5) is 4.39 Å². The van der Waals surface area contributed by atoms with Gasteiger partial charge in [0.25, 0.3) is 0 Å². The molecule has 4 nitrogen and oxygen atoms in total. The van der Waals surface area contributed by atoms with Crippen LogP contribution in [-0.4, -0.2) is 11.9 Å². The number of hydrogen-bond acceptors (Lipinski definition) is 4. The van der Waals surface area contributed by atoms with Gasteiger partial charge in [-0.25, -0.2) is 14.2 Å². The first kappa shape index (κ1) is 18.9. The Balaban J connectivity index is 1.53. The maximum Gasteiger partial charge on any atom is 0.363 e. The van der Waals surface area contributed by atoms with Crippen molar-refractivity contribution >= 4 is 29.5 Å². The third-order valence-electron chi connectivity index (χ3n) is 4.21. The lowest BCUT2D eigenvalue weighted by molar-refractivity contribution is -0.129. The van der Waals surface area contributed by atoms with Gasteiger partial charge in [0.2, 0.25) is 5.90 Å². The number of benzene rings is 3. The molecule has 29 heavy (non-hydrogen) atoms. The fourth-order valence-corrected chi connectivity index (χ4v) is 2.97. The third kappa shape index (κ3) is 4.52. The zero-order valence-corrected chi connectivity index (χ0v) is 15.9. The summed E-state index contributed by atoms with van der Waals surface area (Å²) in [6, 6.07) is 20.4. The van der Waals surface area contributed by atoms with Crippen LogP contribution in [0.25, 0.3) is 6.08 Å². The van der Waals surface area contributed by atoms with Crippen molar-refractivity contribution in [1.29, 1.82) is 0 Å². The van der Waals surface area contributed by atoms with Gasteiger partial charge < -0.3 is 9.47 Å². The van der Waals surface area contributed by atoms with Crippen molar-refractivity contribution in [3.05, 3.63) is 106 Å². The Hall–Kier alpha value is -3.44. The molecule has 0 unspecified atom stereocenters. The molecular weight excluding hydrogens is 393 g/mol. The number of halogens is 2. The van der Waals surface area contributed by atoms with E-state index in [2.05, 4.69) is 4.99 Å². The molecular formula is C23H15ClFNO3. The molecule has 0 radical (unpaired) electrons.